The molecule has 19 atom stereocenters. The number of carbonyl (C=O) groups excluding carboxylic acids is 2. The van der Waals surface area contributed by atoms with E-state index < -0.39 is 108 Å². The van der Waals surface area contributed by atoms with Gasteiger partial charge in [0.25, 0.3) is 0 Å². The fourth-order valence-corrected chi connectivity index (χ4v) is 8.86. The topological polar surface area (TPSA) is 191 Å². The molecule has 3 aliphatic rings. The van der Waals surface area contributed by atoms with E-state index in [1.54, 1.807) is 41.5 Å². The molecule has 5 N–H and O–H groups in total. The maximum absolute atomic E-state index is 14.1. The zero-order valence-corrected chi connectivity index (χ0v) is 33.9. The Kier molecular flexibility index (Phi) is 15.6. The van der Waals surface area contributed by atoms with E-state index in [2.05, 4.69) is 5.92 Å². The van der Waals surface area contributed by atoms with Crippen LogP contribution in [-0.2, 0) is 38.0 Å². The predicted molar refractivity (Wildman–Crippen MR) is 195 cm³/mol. The second kappa shape index (κ2) is 18.0. The highest BCUT2D eigenvalue weighted by atomic mass is 16.7. The van der Waals surface area contributed by atoms with Crippen molar-refractivity contribution in [3.8, 4) is 12.3 Å². The van der Waals surface area contributed by atoms with E-state index in [0.29, 0.717) is 12.8 Å². The summed E-state index contributed by atoms with van der Waals surface area (Å²) in [6.07, 6.45) is -3.85. The highest BCUT2D eigenvalue weighted by molar-refractivity contribution is 5.83. The minimum atomic E-state index is -2.00. The van der Waals surface area contributed by atoms with Gasteiger partial charge < -0.3 is 54.0 Å². The van der Waals surface area contributed by atoms with Crippen LogP contribution in [0.25, 0.3) is 0 Å². The monoisotopic (exact) mass is 756 g/mol. The summed E-state index contributed by atoms with van der Waals surface area (Å²) in [7, 11) is 1.48. The second-order valence-electron chi connectivity index (χ2n) is 17.0. The molecule has 306 valence electrons. The van der Waals surface area contributed by atoms with Gasteiger partial charge in [-0.05, 0) is 72.6 Å². The fourth-order valence-electron chi connectivity index (χ4n) is 8.86. The van der Waals surface area contributed by atoms with Crippen LogP contribution in [0.5, 0.6) is 0 Å². The molecule has 3 fully saturated rings. The van der Waals surface area contributed by atoms with Crippen LogP contribution in [0.15, 0.2) is 0 Å². The van der Waals surface area contributed by atoms with E-state index in [-0.39, 0.29) is 37.2 Å². The third kappa shape index (κ3) is 10.0. The van der Waals surface area contributed by atoms with Crippen molar-refractivity contribution in [2.45, 2.75) is 186 Å². The molecule has 0 bridgehead atoms. The summed E-state index contributed by atoms with van der Waals surface area (Å²) in [5, 5.41) is 58.0. The largest absolute Gasteiger partial charge is 0.459 e. The molecule has 3 rings (SSSR count). The number of cyclic esters (lactones) is 1. The number of hydrogen-bond acceptors (Lipinski definition) is 13. The molecule has 0 saturated carbocycles. The van der Waals surface area contributed by atoms with Gasteiger partial charge in [0, 0.05) is 37.7 Å². The maximum Gasteiger partial charge on any atom is 0.311 e. The SMILES string of the molecule is C#CCC(C)C1C[C@@H](C)O[C@@H](O[C@@H]2[C@@H](C)[C@H](O[C@H]3C[C@@](C)(OC)[C@@H](O)[C@H](C)O3)[C@@H](C)C(=O)O[C@H](CC)[C@@](C)(O)[C@H](O)[C@@H](C)C(=O)[C@H](C)C[C@@]2(C)O)[C@@H]1O. The summed E-state index contributed by atoms with van der Waals surface area (Å²) >= 11 is 0. The number of Topliss-reactive ketones (excluding diaryl/α,β-unsaturated/α-hetero) is 1. The Bertz CT molecular complexity index is 1270. The lowest BCUT2D eigenvalue weighted by Gasteiger charge is -2.49. The van der Waals surface area contributed by atoms with Gasteiger partial charge in [0.2, 0.25) is 0 Å². The molecule has 0 aliphatic carbocycles. The Morgan fingerprint density at radius 1 is 0.943 bits per heavy atom. The van der Waals surface area contributed by atoms with Crippen LogP contribution in [0.2, 0.25) is 0 Å². The normalized spacial score (nSPS) is 48.6. The van der Waals surface area contributed by atoms with Gasteiger partial charge in [0.05, 0.1) is 47.6 Å². The Morgan fingerprint density at radius 2 is 1.57 bits per heavy atom. The van der Waals surface area contributed by atoms with Crippen molar-refractivity contribution in [3.05, 3.63) is 0 Å². The molecule has 53 heavy (non-hydrogen) atoms. The molecule has 0 amide bonds. The van der Waals surface area contributed by atoms with E-state index in [1.807, 2.05) is 13.8 Å². The lowest BCUT2D eigenvalue weighted by Crippen LogP contribution is -2.60. The van der Waals surface area contributed by atoms with Crippen molar-refractivity contribution in [1.29, 1.82) is 0 Å². The number of hydrogen-bond donors (Lipinski definition) is 5. The minimum absolute atomic E-state index is 0.0644. The Morgan fingerprint density at radius 3 is 2.13 bits per heavy atom. The predicted octanol–water partition coefficient (Wildman–Crippen LogP) is 3.13. The summed E-state index contributed by atoms with van der Waals surface area (Å²) in [5.41, 5.74) is -4.88. The van der Waals surface area contributed by atoms with E-state index >= 15 is 0 Å². The number of methoxy groups -OCH3 is 1. The Hall–Kier alpha value is -1.70. The van der Waals surface area contributed by atoms with Crippen LogP contribution in [0.4, 0.5) is 0 Å². The number of terminal acetylenes is 1. The van der Waals surface area contributed by atoms with E-state index in [9.17, 15) is 35.1 Å². The van der Waals surface area contributed by atoms with Crippen molar-refractivity contribution in [1.82, 2.24) is 0 Å². The summed E-state index contributed by atoms with van der Waals surface area (Å²) < 4.78 is 37.2. The van der Waals surface area contributed by atoms with E-state index in [4.69, 9.17) is 34.8 Å². The van der Waals surface area contributed by atoms with Crippen LogP contribution in [-0.4, -0.2) is 123 Å². The summed E-state index contributed by atoms with van der Waals surface area (Å²) in [5.74, 6) is -2.73. The average Bonchev–Trinajstić information content (AvgIpc) is 3.09. The lowest BCUT2D eigenvalue weighted by molar-refractivity contribution is -0.319. The zero-order chi connectivity index (χ0) is 40.4. The maximum atomic E-state index is 14.1. The highest BCUT2D eigenvalue weighted by Crippen LogP contribution is 2.41. The Labute approximate surface area is 316 Å². The number of ketones is 1. The molecular formula is C40H68O13. The first-order valence-electron chi connectivity index (χ1n) is 19.3. The van der Waals surface area contributed by atoms with Crippen molar-refractivity contribution < 1.29 is 63.5 Å². The molecule has 0 spiro atoms. The smallest absolute Gasteiger partial charge is 0.311 e. The van der Waals surface area contributed by atoms with Crippen LogP contribution in [0, 0.1) is 47.9 Å². The number of carbonyl (C=O) groups is 2. The van der Waals surface area contributed by atoms with Crippen molar-refractivity contribution in [3.63, 3.8) is 0 Å². The molecule has 3 saturated heterocycles. The molecular weight excluding hydrogens is 688 g/mol. The molecule has 3 aliphatic heterocycles. The van der Waals surface area contributed by atoms with Gasteiger partial charge in [-0.3, -0.25) is 9.59 Å². The van der Waals surface area contributed by atoms with Gasteiger partial charge in [-0.1, -0.05) is 34.6 Å². The average molecular weight is 757 g/mol. The molecule has 3 heterocycles. The number of aliphatic hydroxyl groups excluding tert-OH is 3. The third-order valence-electron chi connectivity index (χ3n) is 12.4. The number of aliphatic hydroxyl groups is 5. The molecule has 0 radical (unpaired) electrons. The van der Waals surface area contributed by atoms with Crippen LogP contribution >= 0.6 is 0 Å². The standard InChI is InChI=1S/C40H68O13/c1-14-16-20(3)27-17-22(5)49-37(31(27)42)53-35-24(7)32(52-29-19-39(11,48-13)34(44)26(9)50-29)25(8)36(45)51-28(15-2)40(12,47)33(43)23(6)30(41)21(4)18-38(35,10)46/h1,20-29,31-35,37,42-44,46-47H,15-19H2,2-13H3/t20?,21-,22-,23+,24+,25-,26+,27?,28-,29+,31-,32+,33-,34+,35-,37+,38-,39-,40-/m1/s1. The van der Waals surface area contributed by atoms with Crippen LogP contribution in [0.3, 0.4) is 0 Å². The first kappa shape index (κ1) is 45.7. The summed E-state index contributed by atoms with van der Waals surface area (Å²) in [6.45, 7) is 18.3. The van der Waals surface area contributed by atoms with Crippen molar-refractivity contribution in [2.24, 2.45) is 35.5 Å². The number of rotatable bonds is 8. The van der Waals surface area contributed by atoms with Gasteiger partial charge in [0.15, 0.2) is 12.6 Å². The molecule has 0 aromatic rings. The van der Waals surface area contributed by atoms with Gasteiger partial charge >= 0.3 is 5.97 Å². The van der Waals surface area contributed by atoms with Gasteiger partial charge in [-0.2, -0.15) is 0 Å². The fraction of sp³-hybridized carbons (Fsp3) is 0.900. The minimum Gasteiger partial charge on any atom is -0.459 e. The molecule has 2 unspecified atom stereocenters. The Balaban J connectivity index is 2.19. The van der Waals surface area contributed by atoms with Crippen molar-refractivity contribution in [2.75, 3.05) is 7.11 Å². The van der Waals surface area contributed by atoms with Gasteiger partial charge in [0.1, 0.15) is 29.7 Å². The van der Waals surface area contributed by atoms with E-state index in [0.717, 1.165) is 0 Å². The molecule has 13 heteroatoms. The number of esters is 1. The van der Waals surface area contributed by atoms with Crippen LogP contribution in [0.1, 0.15) is 108 Å². The number of ether oxygens (including phenoxy) is 6. The van der Waals surface area contributed by atoms with Crippen LogP contribution < -0.4 is 0 Å². The highest BCUT2D eigenvalue weighted by Gasteiger charge is 2.53. The molecule has 13 nitrogen and oxygen atoms in total. The summed E-state index contributed by atoms with van der Waals surface area (Å²) in [4.78, 5) is 28.0. The zero-order valence-electron chi connectivity index (χ0n) is 33.9. The second-order valence-corrected chi connectivity index (χ2v) is 17.0. The first-order chi connectivity index (χ1) is 24.5. The lowest BCUT2D eigenvalue weighted by atomic mass is 9.74. The quantitative estimate of drug-likeness (QED) is 0.180. The van der Waals surface area contributed by atoms with Gasteiger partial charge in [-0.15, -0.1) is 12.3 Å². The molecule has 0 aromatic carbocycles. The van der Waals surface area contributed by atoms with Gasteiger partial charge in [-0.25, -0.2) is 0 Å². The van der Waals surface area contributed by atoms with E-state index in [1.165, 1.54) is 27.9 Å². The third-order valence-corrected chi connectivity index (χ3v) is 12.4. The first-order valence-corrected chi connectivity index (χ1v) is 19.3. The van der Waals surface area contributed by atoms with Crippen molar-refractivity contribution >= 4 is 11.8 Å². The summed E-state index contributed by atoms with van der Waals surface area (Å²) in [6, 6.07) is 0. The molecule has 0 aromatic heterocycles.